The van der Waals surface area contributed by atoms with E-state index in [-0.39, 0.29) is 6.04 Å². The lowest BCUT2D eigenvalue weighted by Crippen LogP contribution is -2.28. The number of ether oxygens (including phenoxy) is 1. The highest BCUT2D eigenvalue weighted by molar-refractivity contribution is 5.15. The summed E-state index contributed by atoms with van der Waals surface area (Å²) >= 11 is 0. The van der Waals surface area contributed by atoms with Gasteiger partial charge in [-0.1, -0.05) is 35.5 Å². The minimum atomic E-state index is 0.0319. The van der Waals surface area contributed by atoms with Gasteiger partial charge in [0.1, 0.15) is 5.69 Å². The predicted molar refractivity (Wildman–Crippen MR) is 68.9 cm³/mol. The molecule has 1 atom stereocenters. The number of nitrogens with zero attached hydrogens (tertiary/aromatic N) is 3. The number of hydrogen-bond acceptors (Lipinski definition) is 4. The number of rotatable bonds is 6. The largest absolute Gasteiger partial charge is 0.378 e. The first kappa shape index (κ1) is 12.7. The van der Waals surface area contributed by atoms with Gasteiger partial charge in [-0.25, -0.2) is 0 Å². The molecule has 2 rings (SSSR count). The molecule has 0 aliphatic heterocycles. The van der Waals surface area contributed by atoms with Crippen molar-refractivity contribution in [1.29, 1.82) is 0 Å². The third-order valence-electron chi connectivity index (χ3n) is 2.64. The maximum atomic E-state index is 6.10. The highest BCUT2D eigenvalue weighted by Crippen LogP contribution is 2.03. The van der Waals surface area contributed by atoms with Gasteiger partial charge in [0.15, 0.2) is 0 Å². The molecule has 1 heterocycles. The van der Waals surface area contributed by atoms with Crippen molar-refractivity contribution in [2.24, 2.45) is 5.73 Å². The third kappa shape index (κ3) is 3.65. The Kier molecular flexibility index (Phi) is 4.44. The van der Waals surface area contributed by atoms with Gasteiger partial charge < -0.3 is 10.5 Å². The van der Waals surface area contributed by atoms with E-state index in [0.717, 1.165) is 12.1 Å². The van der Waals surface area contributed by atoms with E-state index in [1.54, 1.807) is 11.8 Å². The van der Waals surface area contributed by atoms with Gasteiger partial charge in [0.25, 0.3) is 0 Å². The van der Waals surface area contributed by atoms with Crippen LogP contribution in [0.4, 0.5) is 0 Å². The normalized spacial score (nSPS) is 12.6. The Bertz CT molecular complexity index is 469. The standard InChI is InChI=1S/C13H18N4O/c1-18-10-13-9-17(16-15-13)8-12(14)7-11-5-3-2-4-6-11/h2-6,9,12H,7-8,10,14H2,1H3/t12-/m1/s1. The molecule has 5 heteroatoms. The van der Waals surface area contributed by atoms with Crippen LogP contribution in [0.25, 0.3) is 0 Å². The summed E-state index contributed by atoms with van der Waals surface area (Å²) in [6.07, 6.45) is 2.70. The Morgan fingerprint density at radius 2 is 2.11 bits per heavy atom. The maximum Gasteiger partial charge on any atom is 0.108 e. The van der Waals surface area contributed by atoms with Crippen LogP contribution in [-0.2, 0) is 24.3 Å². The average molecular weight is 246 g/mol. The second-order valence-electron chi connectivity index (χ2n) is 4.31. The van der Waals surface area contributed by atoms with Crippen molar-refractivity contribution in [3.05, 3.63) is 47.8 Å². The van der Waals surface area contributed by atoms with Crippen LogP contribution < -0.4 is 5.73 Å². The average Bonchev–Trinajstić information content (AvgIpc) is 2.78. The monoisotopic (exact) mass is 246 g/mol. The van der Waals surface area contributed by atoms with E-state index in [4.69, 9.17) is 10.5 Å². The molecule has 0 bridgehead atoms. The van der Waals surface area contributed by atoms with Gasteiger partial charge in [0.05, 0.1) is 19.3 Å². The zero-order chi connectivity index (χ0) is 12.8. The van der Waals surface area contributed by atoms with Gasteiger partial charge in [-0.05, 0) is 12.0 Å². The third-order valence-corrected chi connectivity index (χ3v) is 2.64. The van der Waals surface area contributed by atoms with Crippen LogP contribution in [0.15, 0.2) is 36.5 Å². The first-order chi connectivity index (χ1) is 8.78. The Balaban J connectivity index is 1.88. The summed E-state index contributed by atoms with van der Waals surface area (Å²) in [5, 5.41) is 8.02. The minimum absolute atomic E-state index is 0.0319. The zero-order valence-electron chi connectivity index (χ0n) is 10.5. The predicted octanol–water partition coefficient (Wildman–Crippen LogP) is 0.994. The summed E-state index contributed by atoms with van der Waals surface area (Å²) in [5.74, 6) is 0. The molecule has 0 unspecified atom stereocenters. The van der Waals surface area contributed by atoms with Crippen molar-refractivity contribution in [2.45, 2.75) is 25.6 Å². The van der Waals surface area contributed by atoms with Crippen molar-refractivity contribution < 1.29 is 4.74 Å². The van der Waals surface area contributed by atoms with Crippen LogP contribution in [0.3, 0.4) is 0 Å². The molecule has 2 N–H and O–H groups in total. The Labute approximate surface area is 107 Å². The molecule has 1 aromatic heterocycles. The molecule has 0 saturated heterocycles. The maximum absolute atomic E-state index is 6.10. The van der Waals surface area contributed by atoms with Crippen LogP contribution in [0.1, 0.15) is 11.3 Å². The quantitative estimate of drug-likeness (QED) is 0.825. The van der Waals surface area contributed by atoms with E-state index < -0.39 is 0 Å². The molecular formula is C13H18N4O. The van der Waals surface area contributed by atoms with Gasteiger partial charge in [-0.15, -0.1) is 5.10 Å². The number of methoxy groups -OCH3 is 1. The second kappa shape index (κ2) is 6.28. The van der Waals surface area contributed by atoms with Crippen LogP contribution in [0.2, 0.25) is 0 Å². The molecule has 18 heavy (non-hydrogen) atoms. The summed E-state index contributed by atoms with van der Waals surface area (Å²) in [6.45, 7) is 1.14. The number of aromatic nitrogens is 3. The first-order valence-corrected chi connectivity index (χ1v) is 5.95. The van der Waals surface area contributed by atoms with Gasteiger partial charge >= 0.3 is 0 Å². The topological polar surface area (TPSA) is 66.0 Å². The summed E-state index contributed by atoms with van der Waals surface area (Å²) in [4.78, 5) is 0. The minimum Gasteiger partial charge on any atom is -0.378 e. The molecule has 0 saturated carbocycles. The van der Waals surface area contributed by atoms with Gasteiger partial charge in [-0.3, -0.25) is 4.68 Å². The lowest BCUT2D eigenvalue weighted by molar-refractivity contribution is 0.181. The van der Waals surface area contributed by atoms with E-state index in [0.29, 0.717) is 13.2 Å². The fraction of sp³-hybridized carbons (Fsp3) is 0.385. The number of benzene rings is 1. The molecule has 0 aliphatic carbocycles. The van der Waals surface area contributed by atoms with Crippen LogP contribution >= 0.6 is 0 Å². The van der Waals surface area contributed by atoms with Crippen LogP contribution in [0.5, 0.6) is 0 Å². The van der Waals surface area contributed by atoms with E-state index in [1.165, 1.54) is 5.56 Å². The van der Waals surface area contributed by atoms with Gasteiger partial charge in [0.2, 0.25) is 0 Å². The molecule has 2 aromatic rings. The van der Waals surface area contributed by atoms with Crippen LogP contribution in [-0.4, -0.2) is 28.1 Å². The summed E-state index contributed by atoms with van der Waals surface area (Å²) in [5.41, 5.74) is 8.16. The number of hydrogen-bond donors (Lipinski definition) is 1. The molecule has 0 amide bonds. The van der Waals surface area contributed by atoms with E-state index in [1.807, 2.05) is 24.4 Å². The molecule has 96 valence electrons. The highest BCUT2D eigenvalue weighted by Gasteiger charge is 2.07. The van der Waals surface area contributed by atoms with Gasteiger partial charge in [0, 0.05) is 13.2 Å². The van der Waals surface area contributed by atoms with Gasteiger partial charge in [-0.2, -0.15) is 0 Å². The fourth-order valence-corrected chi connectivity index (χ4v) is 1.86. The number of nitrogens with two attached hydrogens (primary N) is 1. The molecule has 0 radical (unpaired) electrons. The summed E-state index contributed by atoms with van der Waals surface area (Å²) < 4.78 is 6.76. The zero-order valence-corrected chi connectivity index (χ0v) is 10.5. The molecule has 0 spiro atoms. The molecule has 1 aromatic carbocycles. The second-order valence-corrected chi connectivity index (χ2v) is 4.31. The molecular weight excluding hydrogens is 228 g/mol. The molecule has 5 nitrogen and oxygen atoms in total. The molecule has 0 fully saturated rings. The first-order valence-electron chi connectivity index (χ1n) is 5.95. The lowest BCUT2D eigenvalue weighted by Gasteiger charge is -2.10. The fourth-order valence-electron chi connectivity index (χ4n) is 1.86. The van der Waals surface area contributed by atoms with Crippen molar-refractivity contribution in [2.75, 3.05) is 7.11 Å². The Morgan fingerprint density at radius 1 is 1.33 bits per heavy atom. The SMILES string of the molecule is COCc1cn(C[C@H](N)Cc2ccccc2)nn1. The molecule has 0 aliphatic rings. The van der Waals surface area contributed by atoms with E-state index >= 15 is 0 Å². The Morgan fingerprint density at radius 3 is 2.83 bits per heavy atom. The Hall–Kier alpha value is -1.72. The lowest BCUT2D eigenvalue weighted by atomic mass is 10.1. The van der Waals surface area contributed by atoms with E-state index in [2.05, 4.69) is 22.4 Å². The van der Waals surface area contributed by atoms with Crippen molar-refractivity contribution in [3.8, 4) is 0 Å². The van der Waals surface area contributed by atoms with Crippen molar-refractivity contribution in [3.63, 3.8) is 0 Å². The van der Waals surface area contributed by atoms with E-state index in [9.17, 15) is 0 Å². The van der Waals surface area contributed by atoms with Crippen molar-refractivity contribution in [1.82, 2.24) is 15.0 Å². The smallest absolute Gasteiger partial charge is 0.108 e. The highest BCUT2D eigenvalue weighted by atomic mass is 16.5. The summed E-state index contributed by atoms with van der Waals surface area (Å²) in [6, 6.07) is 10.2. The summed E-state index contributed by atoms with van der Waals surface area (Å²) in [7, 11) is 1.64. The van der Waals surface area contributed by atoms with Crippen molar-refractivity contribution >= 4 is 0 Å². The van der Waals surface area contributed by atoms with Crippen LogP contribution in [0, 0.1) is 0 Å².